The number of carboxylic acid groups (broad SMARTS) is 1. The lowest BCUT2D eigenvalue weighted by Gasteiger charge is -2.23. The molecule has 1 heterocycles. The molecule has 1 aliphatic rings. The predicted octanol–water partition coefficient (Wildman–Crippen LogP) is 2.78. The second-order valence-corrected chi connectivity index (χ2v) is 5.43. The molecule has 2 amide bonds. The van der Waals surface area contributed by atoms with E-state index in [2.05, 4.69) is 21.2 Å². The van der Waals surface area contributed by atoms with Crippen molar-refractivity contribution in [1.82, 2.24) is 4.90 Å². The van der Waals surface area contributed by atoms with Gasteiger partial charge in [0.1, 0.15) is 0 Å². The molecule has 2 rings (SSSR count). The molecule has 2 unspecified atom stereocenters. The number of anilines is 1. The number of hydrogen-bond donors (Lipinski definition) is 2. The molecule has 5 nitrogen and oxygen atoms in total. The highest BCUT2D eigenvalue weighted by atomic mass is 79.9. The van der Waals surface area contributed by atoms with Gasteiger partial charge in [-0.3, -0.25) is 4.79 Å². The lowest BCUT2D eigenvalue weighted by molar-refractivity contribution is -0.142. The predicted molar refractivity (Wildman–Crippen MR) is 75.1 cm³/mol. The summed E-state index contributed by atoms with van der Waals surface area (Å²) in [6.45, 7) is 2.24. The standard InChI is InChI=1S/C13H15BrN2O3/c1-8-9(12(17)18)6-7-16(8)13(19)15-11-5-3-2-4-10(11)14/h2-5,8-9H,6-7H2,1H3,(H,15,19)(H,17,18). The zero-order chi connectivity index (χ0) is 14.0. The molecule has 2 N–H and O–H groups in total. The summed E-state index contributed by atoms with van der Waals surface area (Å²) in [6.07, 6.45) is 0.500. The number of nitrogens with zero attached hydrogens (tertiary/aromatic N) is 1. The largest absolute Gasteiger partial charge is 0.481 e. The Morgan fingerprint density at radius 3 is 2.68 bits per heavy atom. The van der Waals surface area contributed by atoms with Crippen molar-refractivity contribution in [2.45, 2.75) is 19.4 Å². The summed E-state index contributed by atoms with van der Waals surface area (Å²) in [5, 5.41) is 11.8. The number of aliphatic carboxylic acids is 1. The molecule has 1 fully saturated rings. The number of para-hydroxylation sites is 1. The zero-order valence-electron chi connectivity index (χ0n) is 10.5. The smallest absolute Gasteiger partial charge is 0.322 e. The van der Waals surface area contributed by atoms with E-state index in [0.717, 1.165) is 4.47 Å². The first kappa shape index (κ1) is 13.9. The van der Waals surface area contributed by atoms with Crippen molar-refractivity contribution >= 4 is 33.6 Å². The first-order valence-corrected chi connectivity index (χ1v) is 6.85. The van der Waals surface area contributed by atoms with Crippen LogP contribution in [0.2, 0.25) is 0 Å². The van der Waals surface area contributed by atoms with Gasteiger partial charge in [-0.25, -0.2) is 4.79 Å². The van der Waals surface area contributed by atoms with E-state index in [1.54, 1.807) is 17.9 Å². The normalized spacial score (nSPS) is 22.3. The van der Waals surface area contributed by atoms with Crippen LogP contribution in [0.15, 0.2) is 28.7 Å². The van der Waals surface area contributed by atoms with Gasteiger partial charge in [-0.1, -0.05) is 12.1 Å². The lowest BCUT2D eigenvalue weighted by atomic mass is 10.0. The molecule has 6 heteroatoms. The number of likely N-dealkylation sites (tertiary alicyclic amines) is 1. The fourth-order valence-electron chi connectivity index (χ4n) is 2.31. The number of amides is 2. The quantitative estimate of drug-likeness (QED) is 0.877. The molecule has 0 spiro atoms. The van der Waals surface area contributed by atoms with Crippen LogP contribution >= 0.6 is 15.9 Å². The van der Waals surface area contributed by atoms with Gasteiger partial charge in [0.15, 0.2) is 0 Å². The Morgan fingerprint density at radius 2 is 2.11 bits per heavy atom. The van der Waals surface area contributed by atoms with Crippen LogP contribution in [0.3, 0.4) is 0 Å². The number of benzene rings is 1. The minimum absolute atomic E-state index is 0.261. The first-order chi connectivity index (χ1) is 9.00. The fraction of sp³-hybridized carbons (Fsp3) is 0.385. The Hall–Kier alpha value is -1.56. The summed E-state index contributed by atoms with van der Waals surface area (Å²) in [5.74, 6) is -1.33. The van der Waals surface area contributed by atoms with Crippen molar-refractivity contribution in [1.29, 1.82) is 0 Å². The Balaban J connectivity index is 2.06. The molecule has 1 aromatic rings. The van der Waals surface area contributed by atoms with E-state index in [1.165, 1.54) is 0 Å². The molecular weight excluding hydrogens is 312 g/mol. The average molecular weight is 327 g/mol. The average Bonchev–Trinajstić information content (AvgIpc) is 2.74. The monoisotopic (exact) mass is 326 g/mol. The van der Waals surface area contributed by atoms with E-state index < -0.39 is 11.9 Å². The van der Waals surface area contributed by atoms with Crippen LogP contribution in [0.5, 0.6) is 0 Å². The molecule has 2 atom stereocenters. The summed E-state index contributed by atoms with van der Waals surface area (Å²) >= 11 is 3.36. The van der Waals surface area contributed by atoms with Gasteiger partial charge in [-0.15, -0.1) is 0 Å². The number of carboxylic acids is 1. The van der Waals surface area contributed by atoms with Crippen LogP contribution in [0.25, 0.3) is 0 Å². The van der Waals surface area contributed by atoms with Crippen molar-refractivity contribution in [3.63, 3.8) is 0 Å². The van der Waals surface area contributed by atoms with Crippen LogP contribution in [0, 0.1) is 5.92 Å². The van der Waals surface area contributed by atoms with Crippen LogP contribution in [-0.4, -0.2) is 34.6 Å². The van der Waals surface area contributed by atoms with E-state index >= 15 is 0 Å². The van der Waals surface area contributed by atoms with Gasteiger partial charge in [-0.2, -0.15) is 0 Å². The highest BCUT2D eigenvalue weighted by Crippen LogP contribution is 2.26. The van der Waals surface area contributed by atoms with Crippen molar-refractivity contribution in [3.05, 3.63) is 28.7 Å². The Kier molecular flexibility index (Phi) is 4.09. The molecule has 1 aliphatic heterocycles. The number of halogens is 1. The second-order valence-electron chi connectivity index (χ2n) is 4.58. The van der Waals surface area contributed by atoms with Crippen LogP contribution in [-0.2, 0) is 4.79 Å². The van der Waals surface area contributed by atoms with Gasteiger partial charge in [0.25, 0.3) is 0 Å². The van der Waals surface area contributed by atoms with E-state index in [4.69, 9.17) is 5.11 Å². The van der Waals surface area contributed by atoms with E-state index in [9.17, 15) is 9.59 Å². The molecule has 1 aromatic carbocycles. The third-order valence-electron chi connectivity index (χ3n) is 3.45. The third-order valence-corrected chi connectivity index (χ3v) is 4.14. The molecule has 0 saturated carbocycles. The van der Waals surface area contributed by atoms with Gasteiger partial charge in [0, 0.05) is 17.1 Å². The SMILES string of the molecule is CC1C(C(=O)O)CCN1C(=O)Nc1ccccc1Br. The molecule has 102 valence electrons. The van der Waals surface area contributed by atoms with Gasteiger partial charge in [-0.05, 0) is 41.4 Å². The minimum Gasteiger partial charge on any atom is -0.481 e. The summed E-state index contributed by atoms with van der Waals surface area (Å²) in [5.41, 5.74) is 0.679. The van der Waals surface area contributed by atoms with Crippen LogP contribution < -0.4 is 5.32 Å². The van der Waals surface area contributed by atoms with Crippen molar-refractivity contribution in [3.8, 4) is 0 Å². The van der Waals surface area contributed by atoms with Crippen molar-refractivity contribution in [2.75, 3.05) is 11.9 Å². The summed E-state index contributed by atoms with van der Waals surface area (Å²) < 4.78 is 0.796. The zero-order valence-corrected chi connectivity index (χ0v) is 12.1. The number of rotatable bonds is 2. The van der Waals surface area contributed by atoms with Crippen LogP contribution in [0.1, 0.15) is 13.3 Å². The molecule has 1 saturated heterocycles. The summed E-state index contributed by atoms with van der Waals surface area (Å²) in [7, 11) is 0. The topological polar surface area (TPSA) is 69.6 Å². The maximum Gasteiger partial charge on any atom is 0.322 e. The number of nitrogens with one attached hydrogen (secondary N) is 1. The Morgan fingerprint density at radius 1 is 1.42 bits per heavy atom. The van der Waals surface area contributed by atoms with Gasteiger partial charge < -0.3 is 15.3 Å². The first-order valence-electron chi connectivity index (χ1n) is 6.05. The minimum atomic E-state index is -0.844. The molecule has 0 aromatic heterocycles. The number of urea groups is 1. The van der Waals surface area contributed by atoms with E-state index in [1.807, 2.05) is 18.2 Å². The molecule has 0 aliphatic carbocycles. The van der Waals surface area contributed by atoms with E-state index in [-0.39, 0.29) is 12.1 Å². The Labute approximate surface area is 119 Å². The summed E-state index contributed by atoms with van der Waals surface area (Å²) in [6, 6.07) is 6.76. The molecule has 0 radical (unpaired) electrons. The van der Waals surface area contributed by atoms with Crippen LogP contribution in [0.4, 0.5) is 10.5 Å². The highest BCUT2D eigenvalue weighted by Gasteiger charge is 2.38. The second kappa shape index (κ2) is 5.61. The summed E-state index contributed by atoms with van der Waals surface area (Å²) in [4.78, 5) is 24.7. The fourth-order valence-corrected chi connectivity index (χ4v) is 2.69. The van der Waals surface area contributed by atoms with Gasteiger partial charge >= 0.3 is 12.0 Å². The molecule has 19 heavy (non-hydrogen) atoms. The maximum atomic E-state index is 12.1. The Bertz CT molecular complexity index is 506. The van der Waals surface area contributed by atoms with Crippen molar-refractivity contribution < 1.29 is 14.7 Å². The number of carbonyl (C=O) groups is 2. The maximum absolute atomic E-state index is 12.1. The van der Waals surface area contributed by atoms with E-state index in [0.29, 0.717) is 18.7 Å². The van der Waals surface area contributed by atoms with Gasteiger partial charge in [0.05, 0.1) is 11.6 Å². The molecular formula is C13H15BrN2O3. The number of hydrogen-bond acceptors (Lipinski definition) is 2. The van der Waals surface area contributed by atoms with Gasteiger partial charge in [0.2, 0.25) is 0 Å². The van der Waals surface area contributed by atoms with Crippen molar-refractivity contribution in [2.24, 2.45) is 5.92 Å². The molecule has 0 bridgehead atoms. The number of carbonyl (C=O) groups excluding carboxylic acids is 1. The third kappa shape index (κ3) is 2.89. The highest BCUT2D eigenvalue weighted by molar-refractivity contribution is 9.10. The lowest BCUT2D eigenvalue weighted by Crippen LogP contribution is -2.40.